The predicted molar refractivity (Wildman–Crippen MR) is 123 cm³/mol. The number of anilines is 1. The number of rotatable bonds is 10. The highest BCUT2D eigenvalue weighted by Crippen LogP contribution is 2.18. The largest absolute Gasteiger partial charge is 0.493 e. The van der Waals surface area contributed by atoms with E-state index < -0.39 is 0 Å². The molecule has 6 heteroatoms. The van der Waals surface area contributed by atoms with Crippen LogP contribution in [0.15, 0.2) is 53.5 Å². The minimum atomic E-state index is -0.151. The molecule has 164 valence electrons. The lowest BCUT2D eigenvalue weighted by Gasteiger charge is -2.19. The number of nitrogens with zero attached hydrogens (tertiary/aromatic N) is 1. The lowest BCUT2D eigenvalue weighted by atomic mass is 10.1. The Hall–Kier alpha value is -2.57. The first kappa shape index (κ1) is 23.7. The van der Waals surface area contributed by atoms with Crippen LogP contribution in [0.5, 0.6) is 5.75 Å². The molecule has 0 aromatic heterocycles. The van der Waals surface area contributed by atoms with Gasteiger partial charge in [-0.15, -0.1) is 0 Å². The summed E-state index contributed by atoms with van der Waals surface area (Å²) in [6, 6.07) is 16.2. The zero-order valence-corrected chi connectivity index (χ0v) is 18.8. The fraction of sp³-hybridized carbons (Fsp3) is 0.458. The second-order valence-corrected chi connectivity index (χ2v) is 7.99. The fourth-order valence-corrected chi connectivity index (χ4v) is 2.69. The minimum Gasteiger partial charge on any atom is -0.493 e. The molecule has 0 atom stereocenters. The van der Waals surface area contributed by atoms with Crippen LogP contribution < -0.4 is 15.4 Å². The molecule has 0 unspecified atom stereocenters. The third-order valence-corrected chi connectivity index (χ3v) is 4.21. The van der Waals surface area contributed by atoms with Gasteiger partial charge in [-0.25, -0.2) is 0 Å². The number of ether oxygens (including phenoxy) is 3. The van der Waals surface area contributed by atoms with E-state index in [1.807, 2.05) is 24.3 Å². The number of hydrogen-bond donors (Lipinski definition) is 2. The van der Waals surface area contributed by atoms with E-state index in [9.17, 15) is 0 Å². The van der Waals surface area contributed by atoms with Crippen LogP contribution in [0.3, 0.4) is 0 Å². The van der Waals surface area contributed by atoms with E-state index in [0.717, 1.165) is 23.4 Å². The summed E-state index contributed by atoms with van der Waals surface area (Å²) in [5.41, 5.74) is 3.09. The summed E-state index contributed by atoms with van der Waals surface area (Å²) in [5, 5.41) is 6.66. The molecule has 2 aromatic carbocycles. The standard InChI is InChI=1S/C24H35N3O3/c1-24(2,3)30-18-20-10-6-9-19(15-20)17-26-23(25-4)27-21-11-7-12-22(16-21)29-14-8-13-28-5/h6-7,9-12,15-16H,8,13-14,17-18H2,1-5H3,(H2,25,26,27). The predicted octanol–water partition coefficient (Wildman–Crippen LogP) is 4.60. The number of nitrogens with one attached hydrogen (secondary N) is 2. The van der Waals surface area contributed by atoms with Crippen molar-refractivity contribution in [1.82, 2.24) is 5.32 Å². The van der Waals surface area contributed by atoms with E-state index in [1.165, 1.54) is 5.56 Å². The van der Waals surface area contributed by atoms with E-state index in [1.54, 1.807) is 14.2 Å². The van der Waals surface area contributed by atoms with Gasteiger partial charge in [0.25, 0.3) is 0 Å². The molecule has 0 radical (unpaired) electrons. The van der Waals surface area contributed by atoms with Gasteiger partial charge < -0.3 is 24.8 Å². The summed E-state index contributed by atoms with van der Waals surface area (Å²) in [7, 11) is 3.45. The highest BCUT2D eigenvalue weighted by molar-refractivity contribution is 5.93. The highest BCUT2D eigenvalue weighted by Gasteiger charge is 2.10. The second-order valence-electron chi connectivity index (χ2n) is 7.99. The van der Waals surface area contributed by atoms with Gasteiger partial charge in [0.1, 0.15) is 5.75 Å². The maximum atomic E-state index is 5.87. The Balaban J connectivity index is 1.88. The number of hydrogen-bond acceptors (Lipinski definition) is 4. The molecule has 0 amide bonds. The molecule has 0 saturated carbocycles. The van der Waals surface area contributed by atoms with Crippen LogP contribution in [0.4, 0.5) is 5.69 Å². The molecule has 0 saturated heterocycles. The van der Waals surface area contributed by atoms with Crippen LogP contribution in [0.25, 0.3) is 0 Å². The molecular formula is C24H35N3O3. The molecule has 2 N–H and O–H groups in total. The minimum absolute atomic E-state index is 0.151. The van der Waals surface area contributed by atoms with Crippen molar-refractivity contribution < 1.29 is 14.2 Å². The van der Waals surface area contributed by atoms with Crippen molar-refractivity contribution in [2.24, 2.45) is 4.99 Å². The Morgan fingerprint density at radius 1 is 1.00 bits per heavy atom. The van der Waals surface area contributed by atoms with Gasteiger partial charge in [-0.2, -0.15) is 0 Å². The molecule has 0 bridgehead atoms. The first-order chi connectivity index (χ1) is 14.4. The Morgan fingerprint density at radius 2 is 1.77 bits per heavy atom. The van der Waals surface area contributed by atoms with Crippen molar-refractivity contribution in [3.63, 3.8) is 0 Å². The number of methoxy groups -OCH3 is 1. The zero-order valence-electron chi connectivity index (χ0n) is 18.8. The van der Waals surface area contributed by atoms with E-state index in [2.05, 4.69) is 60.7 Å². The van der Waals surface area contributed by atoms with Crippen molar-refractivity contribution in [1.29, 1.82) is 0 Å². The summed E-state index contributed by atoms with van der Waals surface area (Å²) in [4.78, 5) is 4.32. The van der Waals surface area contributed by atoms with Gasteiger partial charge in [-0.1, -0.05) is 30.3 Å². The molecule has 2 rings (SSSR count). The Kier molecular flexibility index (Phi) is 9.64. The maximum Gasteiger partial charge on any atom is 0.195 e. The van der Waals surface area contributed by atoms with Gasteiger partial charge in [-0.05, 0) is 44.0 Å². The van der Waals surface area contributed by atoms with Crippen LogP contribution >= 0.6 is 0 Å². The van der Waals surface area contributed by atoms with E-state index >= 15 is 0 Å². The number of aliphatic imine (C=N–C) groups is 1. The quantitative estimate of drug-likeness (QED) is 0.338. The van der Waals surface area contributed by atoms with Crippen molar-refractivity contribution in [2.45, 2.75) is 45.9 Å². The average Bonchev–Trinajstić information content (AvgIpc) is 2.73. The summed E-state index contributed by atoms with van der Waals surface area (Å²) >= 11 is 0. The van der Waals surface area contributed by atoms with E-state index in [-0.39, 0.29) is 5.60 Å². The molecule has 0 aliphatic carbocycles. The molecule has 2 aromatic rings. The third-order valence-electron chi connectivity index (χ3n) is 4.21. The first-order valence-corrected chi connectivity index (χ1v) is 10.3. The Labute approximate surface area is 180 Å². The van der Waals surface area contributed by atoms with Gasteiger partial charge in [0.05, 0.1) is 18.8 Å². The third kappa shape index (κ3) is 9.29. The monoisotopic (exact) mass is 413 g/mol. The molecule has 30 heavy (non-hydrogen) atoms. The van der Waals surface area contributed by atoms with E-state index in [4.69, 9.17) is 14.2 Å². The van der Waals surface area contributed by atoms with Crippen molar-refractivity contribution in [3.8, 4) is 5.75 Å². The summed E-state index contributed by atoms with van der Waals surface area (Å²) in [6.45, 7) is 8.77. The van der Waals surface area contributed by atoms with Crippen LogP contribution in [-0.4, -0.2) is 38.9 Å². The van der Waals surface area contributed by atoms with Gasteiger partial charge >= 0.3 is 0 Å². The van der Waals surface area contributed by atoms with Crippen molar-refractivity contribution in [3.05, 3.63) is 59.7 Å². The van der Waals surface area contributed by atoms with E-state index in [0.29, 0.717) is 32.3 Å². The first-order valence-electron chi connectivity index (χ1n) is 10.3. The highest BCUT2D eigenvalue weighted by atomic mass is 16.5. The van der Waals surface area contributed by atoms with Gasteiger partial charge in [0.2, 0.25) is 0 Å². The van der Waals surface area contributed by atoms with Crippen molar-refractivity contribution in [2.75, 3.05) is 32.7 Å². The zero-order chi connectivity index (χ0) is 21.8. The molecule has 0 heterocycles. The van der Waals surface area contributed by atoms with Crippen LogP contribution in [0.1, 0.15) is 38.3 Å². The van der Waals surface area contributed by atoms with Gasteiger partial charge in [0.15, 0.2) is 5.96 Å². The smallest absolute Gasteiger partial charge is 0.195 e. The second kappa shape index (κ2) is 12.2. The lowest BCUT2D eigenvalue weighted by molar-refractivity contribution is -0.0149. The summed E-state index contributed by atoms with van der Waals surface area (Å²) in [5.74, 6) is 1.51. The van der Waals surface area contributed by atoms with Crippen LogP contribution in [-0.2, 0) is 22.6 Å². The normalized spacial score (nSPS) is 12.0. The Bertz CT molecular complexity index is 800. The molecular weight excluding hydrogens is 378 g/mol. The van der Waals surface area contributed by atoms with Crippen LogP contribution in [0.2, 0.25) is 0 Å². The van der Waals surface area contributed by atoms with Gasteiger partial charge in [-0.3, -0.25) is 4.99 Å². The SMILES string of the molecule is CN=C(NCc1cccc(COC(C)(C)C)c1)Nc1cccc(OCCCOC)c1. The topological polar surface area (TPSA) is 64.1 Å². The average molecular weight is 414 g/mol. The molecule has 0 spiro atoms. The number of guanidine groups is 1. The molecule has 0 aliphatic rings. The maximum absolute atomic E-state index is 5.87. The fourth-order valence-electron chi connectivity index (χ4n) is 2.69. The van der Waals surface area contributed by atoms with Crippen LogP contribution in [0, 0.1) is 0 Å². The molecule has 0 fully saturated rings. The number of benzene rings is 2. The van der Waals surface area contributed by atoms with Crippen molar-refractivity contribution >= 4 is 11.6 Å². The summed E-state index contributed by atoms with van der Waals surface area (Å²) < 4.78 is 16.7. The lowest BCUT2D eigenvalue weighted by Crippen LogP contribution is -2.30. The summed E-state index contributed by atoms with van der Waals surface area (Å²) in [6.07, 6.45) is 0.858. The molecule has 0 aliphatic heterocycles. The van der Waals surface area contributed by atoms with Gasteiger partial charge in [0, 0.05) is 45.5 Å². The Morgan fingerprint density at radius 3 is 2.50 bits per heavy atom. The molecule has 6 nitrogen and oxygen atoms in total.